The maximum Gasteiger partial charge on any atom is 0.330 e. The summed E-state index contributed by atoms with van der Waals surface area (Å²) < 4.78 is 5.90. The summed E-state index contributed by atoms with van der Waals surface area (Å²) in [5.74, 6) is 0. The van der Waals surface area contributed by atoms with Crippen molar-refractivity contribution in [2.24, 2.45) is 5.11 Å². The number of hydrogen-bond acceptors (Lipinski definition) is 7. The van der Waals surface area contributed by atoms with Gasteiger partial charge in [-0.15, -0.1) is 0 Å². The Morgan fingerprint density at radius 2 is 2.15 bits per heavy atom. The highest BCUT2D eigenvalue weighted by atomic mass is 16.6. The van der Waals surface area contributed by atoms with Gasteiger partial charge in [-0.1, -0.05) is 5.11 Å². The van der Waals surface area contributed by atoms with Crippen molar-refractivity contribution >= 4 is 5.69 Å². The van der Waals surface area contributed by atoms with Crippen LogP contribution in [0.1, 0.15) is 6.23 Å². The van der Waals surface area contributed by atoms with Crippen molar-refractivity contribution in [3.63, 3.8) is 0 Å². The molecule has 20 heavy (non-hydrogen) atoms. The van der Waals surface area contributed by atoms with Gasteiger partial charge in [-0.25, -0.2) is 4.79 Å². The zero-order valence-electron chi connectivity index (χ0n) is 9.95. The zero-order valence-corrected chi connectivity index (χ0v) is 9.95. The lowest BCUT2D eigenvalue weighted by Gasteiger charge is -2.17. The lowest BCUT2D eigenvalue weighted by Crippen LogP contribution is -2.37. The van der Waals surface area contributed by atoms with E-state index in [1.165, 1.54) is 0 Å². The van der Waals surface area contributed by atoms with Crippen molar-refractivity contribution in [2.75, 3.05) is 6.61 Å². The Morgan fingerprint density at radius 1 is 1.45 bits per heavy atom. The van der Waals surface area contributed by atoms with Gasteiger partial charge < -0.3 is 20.1 Å². The Labute approximate surface area is 110 Å². The van der Waals surface area contributed by atoms with Crippen LogP contribution in [-0.4, -0.2) is 49.8 Å². The molecule has 0 bridgehead atoms. The van der Waals surface area contributed by atoms with Crippen molar-refractivity contribution in [1.29, 1.82) is 0 Å². The monoisotopic (exact) mass is 285 g/mol. The molecule has 1 aromatic rings. The summed E-state index contributed by atoms with van der Waals surface area (Å²) in [6, 6.07) is 0. The van der Waals surface area contributed by atoms with Crippen LogP contribution in [0.4, 0.5) is 5.69 Å². The molecular weight excluding hydrogens is 274 g/mol. The van der Waals surface area contributed by atoms with Crippen molar-refractivity contribution in [1.82, 2.24) is 9.55 Å². The van der Waals surface area contributed by atoms with Gasteiger partial charge in [0.2, 0.25) is 0 Å². The highest BCUT2D eigenvalue weighted by Crippen LogP contribution is 2.28. The minimum Gasteiger partial charge on any atom is -0.394 e. The van der Waals surface area contributed by atoms with E-state index >= 15 is 0 Å². The number of aromatic amines is 1. The van der Waals surface area contributed by atoms with Crippen LogP contribution in [0.3, 0.4) is 0 Å². The predicted octanol–water partition coefficient (Wildman–Crippen LogP) is -1.91. The lowest BCUT2D eigenvalue weighted by atomic mass is 10.1. The van der Waals surface area contributed by atoms with Crippen LogP contribution in [-0.2, 0) is 4.74 Å². The molecule has 0 aliphatic carbocycles. The van der Waals surface area contributed by atoms with E-state index in [9.17, 15) is 19.8 Å². The number of nitrogens with one attached hydrogen (secondary N) is 1. The van der Waals surface area contributed by atoms with Gasteiger partial charge in [-0.05, 0) is 5.53 Å². The average Bonchev–Trinajstić information content (AvgIpc) is 2.70. The number of azide groups is 1. The summed E-state index contributed by atoms with van der Waals surface area (Å²) in [4.78, 5) is 27.3. The van der Waals surface area contributed by atoms with Crippen molar-refractivity contribution < 1.29 is 20.1 Å². The Balaban J connectivity index is 2.48. The number of aliphatic hydroxyl groups excluding tert-OH is 3. The molecule has 1 saturated heterocycles. The molecular formula is C9H11N5O6. The summed E-state index contributed by atoms with van der Waals surface area (Å²) in [5.41, 5.74) is 6.10. The molecule has 4 unspecified atom stereocenters. The highest BCUT2D eigenvalue weighted by molar-refractivity contribution is 5.29. The first kappa shape index (κ1) is 14.2. The van der Waals surface area contributed by atoms with Crippen molar-refractivity contribution in [3.8, 4) is 0 Å². The summed E-state index contributed by atoms with van der Waals surface area (Å²) in [7, 11) is 0. The second-order valence-electron chi connectivity index (χ2n) is 4.10. The molecule has 0 spiro atoms. The highest BCUT2D eigenvalue weighted by Gasteiger charge is 2.43. The van der Waals surface area contributed by atoms with Gasteiger partial charge in [-0.2, -0.15) is 0 Å². The summed E-state index contributed by atoms with van der Waals surface area (Å²) >= 11 is 0. The van der Waals surface area contributed by atoms with E-state index in [1.54, 1.807) is 0 Å². The van der Waals surface area contributed by atoms with E-state index in [0.29, 0.717) is 0 Å². The lowest BCUT2D eigenvalue weighted by molar-refractivity contribution is -0.0549. The number of aliphatic hydroxyl groups is 3. The molecule has 2 rings (SSSR count). The first-order chi connectivity index (χ1) is 9.49. The van der Waals surface area contributed by atoms with Crippen LogP contribution in [0.2, 0.25) is 0 Å². The molecule has 0 aromatic carbocycles. The first-order valence-corrected chi connectivity index (χ1v) is 5.52. The van der Waals surface area contributed by atoms with Gasteiger partial charge in [0.15, 0.2) is 6.23 Å². The quantitative estimate of drug-likeness (QED) is 0.286. The van der Waals surface area contributed by atoms with Crippen LogP contribution in [0.15, 0.2) is 20.9 Å². The molecule has 1 aliphatic rings. The van der Waals surface area contributed by atoms with Gasteiger partial charge in [0.05, 0.1) is 6.61 Å². The van der Waals surface area contributed by atoms with Crippen LogP contribution in [0.25, 0.3) is 10.4 Å². The minimum absolute atomic E-state index is 0.398. The van der Waals surface area contributed by atoms with Gasteiger partial charge in [-0.3, -0.25) is 14.3 Å². The van der Waals surface area contributed by atoms with Crippen molar-refractivity contribution in [2.45, 2.75) is 24.5 Å². The van der Waals surface area contributed by atoms with Crippen LogP contribution in [0.5, 0.6) is 0 Å². The number of ether oxygens (including phenoxy) is 1. The van der Waals surface area contributed by atoms with Crippen LogP contribution < -0.4 is 11.2 Å². The molecule has 4 atom stereocenters. The number of rotatable bonds is 3. The standard InChI is InChI=1S/C9H11N5O6/c10-13-12-3-1-14(9(19)11-7(3)18)8-6(17)5(16)4(2-15)20-8/h1,4-6,8,15-17H,2H2,(H,11,18,19). The summed E-state index contributed by atoms with van der Waals surface area (Å²) in [6.07, 6.45) is -4.38. The molecule has 0 amide bonds. The third kappa shape index (κ3) is 2.31. The smallest absolute Gasteiger partial charge is 0.330 e. The third-order valence-electron chi connectivity index (χ3n) is 2.89. The number of hydrogen-bond donors (Lipinski definition) is 4. The molecule has 2 heterocycles. The first-order valence-electron chi connectivity index (χ1n) is 5.52. The second kappa shape index (κ2) is 5.45. The van der Waals surface area contributed by atoms with Crippen LogP contribution >= 0.6 is 0 Å². The van der Waals surface area contributed by atoms with Crippen molar-refractivity contribution in [3.05, 3.63) is 37.5 Å². The minimum atomic E-state index is -1.49. The fourth-order valence-electron chi connectivity index (χ4n) is 1.89. The molecule has 0 radical (unpaired) electrons. The maximum absolute atomic E-state index is 11.7. The predicted molar refractivity (Wildman–Crippen MR) is 63.1 cm³/mol. The second-order valence-corrected chi connectivity index (χ2v) is 4.10. The van der Waals surface area contributed by atoms with E-state index in [4.69, 9.17) is 15.4 Å². The van der Waals surface area contributed by atoms with E-state index in [0.717, 1.165) is 10.8 Å². The normalized spacial score (nSPS) is 29.1. The Bertz CT molecular complexity index is 662. The van der Waals surface area contributed by atoms with E-state index in [-0.39, 0.29) is 0 Å². The zero-order chi connectivity index (χ0) is 14.9. The number of H-pyrrole nitrogens is 1. The third-order valence-corrected chi connectivity index (χ3v) is 2.89. The maximum atomic E-state index is 11.7. The molecule has 4 N–H and O–H groups in total. The van der Waals surface area contributed by atoms with E-state index in [2.05, 4.69) is 10.0 Å². The molecule has 0 saturated carbocycles. The Kier molecular flexibility index (Phi) is 3.88. The van der Waals surface area contributed by atoms with E-state index in [1.807, 2.05) is 4.98 Å². The molecule has 1 aromatic heterocycles. The molecule has 108 valence electrons. The summed E-state index contributed by atoms with van der Waals surface area (Å²) in [5, 5.41) is 31.4. The van der Waals surface area contributed by atoms with Gasteiger partial charge in [0.25, 0.3) is 5.56 Å². The Hall–Kier alpha value is -2.17. The fraction of sp³-hybridized carbons (Fsp3) is 0.556. The fourth-order valence-corrected chi connectivity index (χ4v) is 1.89. The average molecular weight is 285 g/mol. The van der Waals surface area contributed by atoms with Gasteiger partial charge in [0, 0.05) is 11.1 Å². The molecule has 1 fully saturated rings. The molecule has 11 nitrogen and oxygen atoms in total. The molecule has 11 heteroatoms. The summed E-state index contributed by atoms with van der Waals surface area (Å²) in [6.45, 7) is -0.559. The van der Waals surface area contributed by atoms with E-state index < -0.39 is 48.1 Å². The number of aromatic nitrogens is 2. The SMILES string of the molecule is [N-]=[N+]=Nc1cn(C2OC(CO)C(O)C2O)c(=O)[nH]c1=O. The van der Waals surface area contributed by atoms with Gasteiger partial charge in [0.1, 0.15) is 24.0 Å². The van der Waals surface area contributed by atoms with Gasteiger partial charge >= 0.3 is 5.69 Å². The molecule has 1 aliphatic heterocycles. The largest absolute Gasteiger partial charge is 0.394 e. The number of nitrogens with zero attached hydrogens (tertiary/aromatic N) is 4. The van der Waals surface area contributed by atoms with Crippen LogP contribution in [0, 0.1) is 0 Å². The topological polar surface area (TPSA) is 174 Å². The Morgan fingerprint density at radius 3 is 2.70 bits per heavy atom.